The van der Waals surface area contributed by atoms with Crippen LogP contribution in [0, 0.1) is 6.92 Å². The number of ether oxygens (including phenoxy) is 2. The third-order valence-electron chi connectivity index (χ3n) is 6.92. The summed E-state index contributed by atoms with van der Waals surface area (Å²) in [6.07, 6.45) is 2.75. The lowest BCUT2D eigenvalue weighted by Crippen LogP contribution is -2.52. The van der Waals surface area contributed by atoms with Crippen LogP contribution in [0.3, 0.4) is 0 Å². The standard InChI is InChI=1S/C28H28ClNO4/c1-19-15-26-23(17-24(19)29)25(31)18-28(34-26)10-12-30(13-11-28)27(32)7-4-14-33-22-9-8-20-5-2-3-6-21(20)16-22/h2-3,5-6,8-9,15-17H,4,7,10-14,18H2,1H3. The van der Waals surface area contributed by atoms with Crippen LogP contribution >= 0.6 is 11.6 Å². The Kier molecular flexibility index (Phi) is 6.22. The van der Waals surface area contributed by atoms with Gasteiger partial charge in [-0.1, -0.05) is 41.9 Å². The highest BCUT2D eigenvalue weighted by molar-refractivity contribution is 6.31. The van der Waals surface area contributed by atoms with Gasteiger partial charge in [-0.05, 0) is 53.9 Å². The largest absolute Gasteiger partial charge is 0.494 e. The van der Waals surface area contributed by atoms with Crippen LogP contribution < -0.4 is 9.47 Å². The number of hydrogen-bond donors (Lipinski definition) is 0. The van der Waals surface area contributed by atoms with Gasteiger partial charge in [0.25, 0.3) is 0 Å². The molecule has 6 heteroatoms. The van der Waals surface area contributed by atoms with Gasteiger partial charge in [0.05, 0.1) is 18.6 Å². The average molecular weight is 478 g/mol. The second kappa shape index (κ2) is 9.30. The van der Waals surface area contributed by atoms with Crippen LogP contribution in [-0.4, -0.2) is 41.9 Å². The highest BCUT2D eigenvalue weighted by Crippen LogP contribution is 2.41. The van der Waals surface area contributed by atoms with Gasteiger partial charge in [0, 0.05) is 37.4 Å². The van der Waals surface area contributed by atoms with Crippen molar-refractivity contribution >= 4 is 34.1 Å². The van der Waals surface area contributed by atoms with Crippen molar-refractivity contribution in [2.24, 2.45) is 0 Å². The van der Waals surface area contributed by atoms with E-state index < -0.39 is 5.60 Å². The van der Waals surface area contributed by atoms with Crippen LogP contribution in [0.15, 0.2) is 54.6 Å². The van der Waals surface area contributed by atoms with Gasteiger partial charge < -0.3 is 14.4 Å². The second-order valence-corrected chi connectivity index (χ2v) is 9.73. The maximum Gasteiger partial charge on any atom is 0.222 e. The summed E-state index contributed by atoms with van der Waals surface area (Å²) in [5, 5.41) is 2.90. The fraction of sp³-hybridized carbons (Fsp3) is 0.357. The van der Waals surface area contributed by atoms with Gasteiger partial charge in [-0.15, -0.1) is 0 Å². The molecule has 3 aromatic carbocycles. The van der Waals surface area contributed by atoms with E-state index in [1.165, 1.54) is 5.39 Å². The number of carbonyl (C=O) groups excluding carboxylic acids is 2. The van der Waals surface area contributed by atoms with Crippen LogP contribution in [0.4, 0.5) is 0 Å². The van der Waals surface area contributed by atoms with E-state index >= 15 is 0 Å². The molecule has 176 valence electrons. The minimum absolute atomic E-state index is 0.0637. The van der Waals surface area contributed by atoms with Gasteiger partial charge in [0.1, 0.15) is 17.1 Å². The fourth-order valence-corrected chi connectivity index (χ4v) is 5.05. The van der Waals surface area contributed by atoms with Gasteiger partial charge in [0.2, 0.25) is 5.91 Å². The summed E-state index contributed by atoms with van der Waals surface area (Å²) < 4.78 is 12.2. The topological polar surface area (TPSA) is 55.8 Å². The van der Waals surface area contributed by atoms with Crippen LogP contribution in [0.25, 0.3) is 10.8 Å². The molecule has 0 N–H and O–H groups in total. The molecule has 2 aliphatic heterocycles. The van der Waals surface area contributed by atoms with Crippen molar-refractivity contribution in [3.63, 3.8) is 0 Å². The highest BCUT2D eigenvalue weighted by Gasteiger charge is 2.43. The Morgan fingerprint density at radius 1 is 1.09 bits per heavy atom. The predicted octanol–water partition coefficient (Wildman–Crippen LogP) is 5.99. The molecular weight excluding hydrogens is 450 g/mol. The van der Waals surface area contributed by atoms with E-state index in [0.29, 0.717) is 68.1 Å². The van der Waals surface area contributed by atoms with Crippen molar-refractivity contribution in [2.45, 2.75) is 44.6 Å². The first-order chi connectivity index (χ1) is 16.4. The summed E-state index contributed by atoms with van der Waals surface area (Å²) in [4.78, 5) is 27.4. The lowest BCUT2D eigenvalue weighted by atomic mass is 9.82. The van der Waals surface area contributed by atoms with E-state index in [2.05, 4.69) is 12.1 Å². The third-order valence-corrected chi connectivity index (χ3v) is 7.33. The van der Waals surface area contributed by atoms with Crippen molar-refractivity contribution in [1.82, 2.24) is 4.90 Å². The Bertz CT molecular complexity index is 1250. The molecule has 1 spiro atoms. The molecule has 1 fully saturated rings. The lowest BCUT2D eigenvalue weighted by Gasteiger charge is -2.44. The van der Waals surface area contributed by atoms with Crippen LogP contribution in [0.5, 0.6) is 11.5 Å². The molecule has 0 saturated carbocycles. The lowest BCUT2D eigenvalue weighted by molar-refractivity contribution is -0.135. The number of carbonyl (C=O) groups is 2. The Hall–Kier alpha value is -3.05. The van der Waals surface area contributed by atoms with Crippen molar-refractivity contribution in [3.05, 3.63) is 70.7 Å². The van der Waals surface area contributed by atoms with E-state index in [1.807, 2.05) is 48.2 Å². The summed E-state index contributed by atoms with van der Waals surface area (Å²) in [6, 6.07) is 17.8. The molecule has 0 aromatic heterocycles. The van der Waals surface area contributed by atoms with Crippen LogP contribution in [0.1, 0.15) is 48.0 Å². The molecule has 3 aromatic rings. The molecule has 1 amide bonds. The number of halogens is 1. The summed E-state index contributed by atoms with van der Waals surface area (Å²) >= 11 is 6.19. The summed E-state index contributed by atoms with van der Waals surface area (Å²) in [5.74, 6) is 1.63. The van der Waals surface area contributed by atoms with Crippen LogP contribution in [0.2, 0.25) is 5.02 Å². The van der Waals surface area contributed by atoms with Crippen LogP contribution in [-0.2, 0) is 4.79 Å². The molecule has 0 radical (unpaired) electrons. The second-order valence-electron chi connectivity index (χ2n) is 9.32. The number of Topliss-reactive ketones (excluding diaryl/α,β-unsaturated/α-hetero) is 1. The first-order valence-electron chi connectivity index (χ1n) is 11.8. The van der Waals surface area contributed by atoms with Gasteiger partial charge in [0.15, 0.2) is 5.78 Å². The summed E-state index contributed by atoms with van der Waals surface area (Å²) in [5.41, 5.74) is 0.926. The SMILES string of the molecule is Cc1cc2c(cc1Cl)C(=O)CC1(CCN(C(=O)CCCOc3ccc4ccccc4c3)CC1)O2. The van der Waals surface area contributed by atoms with E-state index in [9.17, 15) is 9.59 Å². The maximum absolute atomic E-state index is 12.8. The quantitative estimate of drug-likeness (QED) is 0.424. The monoisotopic (exact) mass is 477 g/mol. The van der Waals surface area contributed by atoms with Gasteiger partial charge >= 0.3 is 0 Å². The Labute approximate surface area is 204 Å². The molecule has 0 unspecified atom stereocenters. The summed E-state index contributed by atoms with van der Waals surface area (Å²) in [6.45, 7) is 3.60. The van der Waals surface area contributed by atoms with E-state index in [4.69, 9.17) is 21.1 Å². The molecular formula is C28H28ClNO4. The number of ketones is 1. The molecule has 5 rings (SSSR count). The Balaban J connectivity index is 1.11. The average Bonchev–Trinajstić information content (AvgIpc) is 2.83. The van der Waals surface area contributed by atoms with Gasteiger partial charge in [-0.2, -0.15) is 0 Å². The van der Waals surface area contributed by atoms with Crippen molar-refractivity contribution in [1.29, 1.82) is 0 Å². The molecule has 0 atom stereocenters. The number of piperidine rings is 1. The molecule has 1 saturated heterocycles. The zero-order valence-electron chi connectivity index (χ0n) is 19.3. The highest BCUT2D eigenvalue weighted by atomic mass is 35.5. The number of likely N-dealkylation sites (tertiary alicyclic amines) is 1. The summed E-state index contributed by atoms with van der Waals surface area (Å²) in [7, 11) is 0. The number of amides is 1. The number of rotatable bonds is 5. The fourth-order valence-electron chi connectivity index (χ4n) is 4.89. The van der Waals surface area contributed by atoms with E-state index in [1.54, 1.807) is 6.07 Å². The zero-order chi connectivity index (χ0) is 23.7. The van der Waals surface area contributed by atoms with Crippen molar-refractivity contribution in [3.8, 4) is 11.5 Å². The van der Waals surface area contributed by atoms with Gasteiger partial charge in [-0.3, -0.25) is 9.59 Å². The zero-order valence-corrected chi connectivity index (χ0v) is 20.1. The Morgan fingerprint density at radius 3 is 2.65 bits per heavy atom. The molecule has 0 bridgehead atoms. The minimum Gasteiger partial charge on any atom is -0.494 e. The number of hydrogen-bond acceptors (Lipinski definition) is 4. The number of fused-ring (bicyclic) bond motifs is 2. The normalized spacial score (nSPS) is 16.9. The minimum atomic E-state index is -0.527. The van der Waals surface area contributed by atoms with Gasteiger partial charge in [-0.25, -0.2) is 0 Å². The third kappa shape index (κ3) is 4.62. The maximum atomic E-state index is 12.8. The van der Waals surface area contributed by atoms with E-state index in [-0.39, 0.29) is 11.7 Å². The van der Waals surface area contributed by atoms with Crippen molar-refractivity contribution < 1.29 is 19.1 Å². The first kappa shape index (κ1) is 22.7. The molecule has 34 heavy (non-hydrogen) atoms. The number of benzene rings is 3. The first-order valence-corrected chi connectivity index (χ1v) is 12.2. The molecule has 5 nitrogen and oxygen atoms in total. The molecule has 2 heterocycles. The number of nitrogens with zero attached hydrogens (tertiary/aromatic N) is 1. The smallest absolute Gasteiger partial charge is 0.222 e. The predicted molar refractivity (Wildman–Crippen MR) is 133 cm³/mol. The number of aryl methyl sites for hydroxylation is 1. The van der Waals surface area contributed by atoms with Crippen molar-refractivity contribution in [2.75, 3.05) is 19.7 Å². The molecule has 0 aliphatic carbocycles. The Morgan fingerprint density at radius 2 is 1.85 bits per heavy atom. The molecule has 2 aliphatic rings. The van der Waals surface area contributed by atoms with E-state index in [0.717, 1.165) is 16.7 Å².